The van der Waals surface area contributed by atoms with E-state index in [-0.39, 0.29) is 12.2 Å². The molecule has 0 aromatic heterocycles. The van der Waals surface area contributed by atoms with Crippen molar-refractivity contribution in [3.63, 3.8) is 0 Å². The van der Waals surface area contributed by atoms with Gasteiger partial charge < -0.3 is 14.6 Å². The summed E-state index contributed by atoms with van der Waals surface area (Å²) < 4.78 is 11.6. The zero-order valence-electron chi connectivity index (χ0n) is 10.3. The van der Waals surface area contributed by atoms with Gasteiger partial charge in [-0.25, -0.2) is 0 Å². The van der Waals surface area contributed by atoms with Crippen LogP contribution in [0.25, 0.3) is 0 Å². The Bertz CT molecular complexity index is 429. The highest BCUT2D eigenvalue weighted by Gasteiger charge is 2.42. The van der Waals surface area contributed by atoms with Crippen molar-refractivity contribution in [2.75, 3.05) is 6.61 Å². The average Bonchev–Trinajstić information content (AvgIpc) is 2.67. The maximum atomic E-state index is 9.80. The average molecular weight is 246 g/mol. The smallest absolute Gasteiger partial charge is 0.113 e. The molecule has 2 aliphatic heterocycles. The third-order valence-corrected chi connectivity index (χ3v) is 3.54. The first kappa shape index (κ1) is 11.9. The molecule has 0 aliphatic carbocycles. The third kappa shape index (κ3) is 2.48. The second-order valence-corrected chi connectivity index (χ2v) is 5.15. The van der Waals surface area contributed by atoms with E-state index in [4.69, 9.17) is 9.47 Å². The normalized spacial score (nSPS) is 33.8. The molecule has 3 nitrogen and oxygen atoms in total. The lowest BCUT2D eigenvalue weighted by atomic mass is 9.95. The topological polar surface area (TPSA) is 38.7 Å². The van der Waals surface area contributed by atoms with Gasteiger partial charge in [0, 0.05) is 12.8 Å². The van der Waals surface area contributed by atoms with E-state index >= 15 is 0 Å². The van der Waals surface area contributed by atoms with Crippen molar-refractivity contribution in [1.82, 2.24) is 0 Å². The van der Waals surface area contributed by atoms with Crippen LogP contribution in [0, 0.1) is 0 Å². The Labute approximate surface area is 107 Å². The maximum absolute atomic E-state index is 9.80. The molecule has 3 atom stereocenters. The summed E-state index contributed by atoms with van der Waals surface area (Å²) in [4.78, 5) is 0. The summed E-state index contributed by atoms with van der Waals surface area (Å²) in [6, 6.07) is 10.1. The van der Waals surface area contributed by atoms with Gasteiger partial charge in [-0.2, -0.15) is 0 Å². The molecule has 0 radical (unpaired) electrons. The van der Waals surface area contributed by atoms with Gasteiger partial charge in [0.1, 0.15) is 5.60 Å². The van der Waals surface area contributed by atoms with E-state index in [0.717, 1.165) is 5.56 Å². The van der Waals surface area contributed by atoms with Crippen LogP contribution in [-0.2, 0) is 16.1 Å². The molecule has 0 amide bonds. The summed E-state index contributed by atoms with van der Waals surface area (Å²) in [5.41, 5.74) is 0.751. The number of hydrogen-bond donors (Lipinski definition) is 1. The molecule has 1 N–H and O–H groups in total. The van der Waals surface area contributed by atoms with Gasteiger partial charge in [-0.15, -0.1) is 0 Å². The fourth-order valence-corrected chi connectivity index (χ4v) is 2.71. The molecule has 0 spiro atoms. The first-order valence-corrected chi connectivity index (χ1v) is 6.43. The molecule has 2 bridgehead atoms. The fourth-order valence-electron chi connectivity index (χ4n) is 2.71. The molecule has 3 heteroatoms. The van der Waals surface area contributed by atoms with Crippen molar-refractivity contribution in [2.24, 2.45) is 0 Å². The molecule has 18 heavy (non-hydrogen) atoms. The number of rotatable bonds is 4. The number of fused-ring (bicyclic) bond motifs is 2. The Morgan fingerprint density at radius 1 is 1.33 bits per heavy atom. The van der Waals surface area contributed by atoms with Crippen molar-refractivity contribution in [1.29, 1.82) is 0 Å². The highest BCUT2D eigenvalue weighted by atomic mass is 16.6. The molecule has 96 valence electrons. The number of benzene rings is 1. The van der Waals surface area contributed by atoms with Gasteiger partial charge in [0.2, 0.25) is 0 Å². The van der Waals surface area contributed by atoms with Gasteiger partial charge in [-0.05, 0) is 5.56 Å². The molecule has 1 fully saturated rings. The Kier molecular flexibility index (Phi) is 3.20. The summed E-state index contributed by atoms with van der Waals surface area (Å²) in [6.45, 7) is 1.09. The molecule has 0 saturated carbocycles. The predicted octanol–water partition coefficient (Wildman–Crippen LogP) is 2.05. The number of aliphatic hydroxyl groups excluding tert-OH is 1. The molecular weight excluding hydrogens is 228 g/mol. The lowest BCUT2D eigenvalue weighted by Crippen LogP contribution is -2.43. The largest absolute Gasteiger partial charge is 0.393 e. The first-order valence-electron chi connectivity index (χ1n) is 6.43. The molecule has 2 heterocycles. The van der Waals surface area contributed by atoms with Crippen LogP contribution >= 0.6 is 0 Å². The van der Waals surface area contributed by atoms with E-state index in [9.17, 15) is 5.11 Å². The van der Waals surface area contributed by atoms with Gasteiger partial charge in [-0.1, -0.05) is 42.5 Å². The zero-order chi connectivity index (χ0) is 12.4. The summed E-state index contributed by atoms with van der Waals surface area (Å²) in [5.74, 6) is 0. The monoisotopic (exact) mass is 246 g/mol. The van der Waals surface area contributed by atoms with Gasteiger partial charge >= 0.3 is 0 Å². The summed E-state index contributed by atoms with van der Waals surface area (Å²) in [7, 11) is 0. The lowest BCUT2D eigenvalue weighted by molar-refractivity contribution is -0.137. The van der Waals surface area contributed by atoms with Crippen LogP contribution in [-0.4, -0.2) is 29.5 Å². The molecule has 2 aliphatic rings. The van der Waals surface area contributed by atoms with Gasteiger partial charge in [0.25, 0.3) is 0 Å². The molecule has 0 unspecified atom stereocenters. The van der Waals surface area contributed by atoms with E-state index in [1.54, 1.807) is 0 Å². The van der Waals surface area contributed by atoms with Crippen LogP contribution in [0.3, 0.4) is 0 Å². The second-order valence-electron chi connectivity index (χ2n) is 5.15. The molecule has 1 saturated heterocycles. The quantitative estimate of drug-likeness (QED) is 0.826. The Morgan fingerprint density at radius 2 is 2.17 bits per heavy atom. The minimum absolute atomic E-state index is 0.0640. The minimum Gasteiger partial charge on any atom is -0.393 e. The number of hydrogen-bond acceptors (Lipinski definition) is 3. The Balaban J connectivity index is 1.55. The van der Waals surface area contributed by atoms with Crippen LogP contribution in [0.5, 0.6) is 0 Å². The standard InChI is InChI=1S/C15H18O3/c16-13-8-14-6-7-15(9-13,18-14)11-17-10-12-4-2-1-3-5-12/h1-7,13-14,16H,8-11H2/t13-,14+,15-/m0/s1. The highest BCUT2D eigenvalue weighted by molar-refractivity contribution is 5.17. The van der Waals surface area contributed by atoms with Crippen LogP contribution in [0.2, 0.25) is 0 Å². The van der Waals surface area contributed by atoms with E-state index in [1.807, 2.05) is 36.4 Å². The molecule has 3 rings (SSSR count). The van der Waals surface area contributed by atoms with Crippen LogP contribution in [0.15, 0.2) is 42.5 Å². The summed E-state index contributed by atoms with van der Waals surface area (Å²) in [5, 5.41) is 9.80. The highest BCUT2D eigenvalue weighted by Crippen LogP contribution is 2.36. The van der Waals surface area contributed by atoms with Crippen molar-refractivity contribution >= 4 is 0 Å². The predicted molar refractivity (Wildman–Crippen MR) is 68.1 cm³/mol. The summed E-state index contributed by atoms with van der Waals surface area (Å²) in [6.07, 6.45) is 5.22. The van der Waals surface area contributed by atoms with Crippen LogP contribution in [0.4, 0.5) is 0 Å². The van der Waals surface area contributed by atoms with E-state index in [1.165, 1.54) is 0 Å². The fraction of sp³-hybridized carbons (Fsp3) is 0.467. The van der Waals surface area contributed by atoms with Crippen molar-refractivity contribution in [2.45, 2.75) is 37.3 Å². The van der Waals surface area contributed by atoms with Crippen molar-refractivity contribution in [3.05, 3.63) is 48.0 Å². The van der Waals surface area contributed by atoms with E-state index in [0.29, 0.717) is 26.1 Å². The third-order valence-electron chi connectivity index (χ3n) is 3.54. The Morgan fingerprint density at radius 3 is 3.00 bits per heavy atom. The van der Waals surface area contributed by atoms with Crippen LogP contribution in [0.1, 0.15) is 18.4 Å². The molecule has 1 aromatic carbocycles. The minimum atomic E-state index is -0.406. The number of aliphatic hydroxyl groups is 1. The Hall–Kier alpha value is -1.16. The molecule has 1 aromatic rings. The van der Waals surface area contributed by atoms with Crippen molar-refractivity contribution < 1.29 is 14.6 Å². The SMILES string of the molecule is O[C@H]1C[C@H]2C=C[C@@](COCc3ccccc3)(C1)O2. The van der Waals surface area contributed by atoms with Gasteiger partial charge in [0.15, 0.2) is 0 Å². The van der Waals surface area contributed by atoms with Gasteiger partial charge in [0.05, 0.1) is 25.4 Å². The molecular formula is C15H18O3. The summed E-state index contributed by atoms with van der Waals surface area (Å²) >= 11 is 0. The van der Waals surface area contributed by atoms with Crippen LogP contribution < -0.4 is 0 Å². The van der Waals surface area contributed by atoms with Gasteiger partial charge in [-0.3, -0.25) is 0 Å². The van der Waals surface area contributed by atoms with Crippen molar-refractivity contribution in [3.8, 4) is 0 Å². The van der Waals surface area contributed by atoms with E-state index < -0.39 is 5.60 Å². The maximum Gasteiger partial charge on any atom is 0.113 e. The first-order chi connectivity index (χ1) is 8.76. The zero-order valence-corrected chi connectivity index (χ0v) is 10.3. The lowest BCUT2D eigenvalue weighted by Gasteiger charge is -2.35. The second kappa shape index (κ2) is 4.84. The number of ether oxygens (including phenoxy) is 2. The van der Waals surface area contributed by atoms with E-state index in [2.05, 4.69) is 6.08 Å².